The zero-order valence-electron chi connectivity index (χ0n) is 11.5. The molecule has 1 N–H and O–H groups in total. The minimum absolute atomic E-state index is 0.279. The van der Waals surface area contributed by atoms with Crippen LogP contribution in [0.5, 0.6) is 0 Å². The van der Waals surface area contributed by atoms with Crippen molar-refractivity contribution in [3.63, 3.8) is 0 Å². The summed E-state index contributed by atoms with van der Waals surface area (Å²) in [7, 11) is 0. The first-order chi connectivity index (χ1) is 8.03. The molecule has 0 atom stereocenters. The summed E-state index contributed by atoms with van der Waals surface area (Å²) in [5, 5.41) is 6.85. The van der Waals surface area contributed by atoms with E-state index in [4.69, 9.17) is 10.1 Å². The van der Waals surface area contributed by atoms with E-state index in [0.29, 0.717) is 12.6 Å². The molecule has 0 saturated heterocycles. The van der Waals surface area contributed by atoms with E-state index >= 15 is 0 Å². The summed E-state index contributed by atoms with van der Waals surface area (Å²) in [5.74, 6) is 0.650. The van der Waals surface area contributed by atoms with E-state index in [0.717, 1.165) is 12.8 Å². The van der Waals surface area contributed by atoms with Crippen molar-refractivity contribution < 1.29 is 4.74 Å². The number of ether oxygens (including phenoxy) is 1. The lowest BCUT2D eigenvalue weighted by molar-refractivity contribution is 0.325. The summed E-state index contributed by atoms with van der Waals surface area (Å²) >= 11 is 0. The van der Waals surface area contributed by atoms with Crippen LogP contribution in [0.2, 0.25) is 0 Å². The normalized spacial score (nSPS) is 19.1. The van der Waals surface area contributed by atoms with Gasteiger partial charge in [0, 0.05) is 5.71 Å². The van der Waals surface area contributed by atoms with E-state index in [1.807, 2.05) is 0 Å². The number of hydrogen-bond acceptors (Lipinski definition) is 3. The van der Waals surface area contributed by atoms with Gasteiger partial charge in [-0.2, -0.15) is 0 Å². The Morgan fingerprint density at radius 2 is 1.94 bits per heavy atom. The van der Waals surface area contributed by atoms with Gasteiger partial charge in [-0.1, -0.05) is 40.0 Å². The lowest BCUT2D eigenvalue weighted by Gasteiger charge is -2.28. The number of nitrogens with one attached hydrogen (secondary N) is 1. The Kier molecular flexibility index (Phi) is 5.66. The second-order valence-corrected chi connectivity index (χ2v) is 6.14. The molecule has 17 heavy (non-hydrogen) atoms. The maximum absolute atomic E-state index is 6.85. The average molecular weight is 238 g/mol. The highest BCUT2D eigenvalue weighted by Crippen LogP contribution is 2.30. The molecule has 1 fully saturated rings. The summed E-state index contributed by atoms with van der Waals surface area (Å²) in [5.41, 5.74) is 1.58. The maximum atomic E-state index is 6.85. The van der Waals surface area contributed by atoms with Crippen LogP contribution in [0.4, 0.5) is 0 Å². The molecule has 0 aliphatic heterocycles. The molecule has 0 aromatic carbocycles. The Bertz CT molecular complexity index is 260. The molecule has 0 bridgehead atoms. The minimum atomic E-state index is 0.279. The van der Waals surface area contributed by atoms with Crippen LogP contribution in [0, 0.1) is 16.7 Å². The van der Waals surface area contributed by atoms with E-state index < -0.39 is 0 Å². The SMILES string of the molecule is CC(C)(C)C/C(=N\COC=N)C1CCCCC1. The Balaban J connectivity index is 2.62. The molecule has 3 heteroatoms. The molecule has 1 aliphatic rings. The Hall–Kier alpha value is -0.860. The highest BCUT2D eigenvalue weighted by Gasteiger charge is 2.23. The van der Waals surface area contributed by atoms with Gasteiger partial charge in [-0.3, -0.25) is 10.4 Å². The molecule has 1 saturated carbocycles. The molecule has 0 heterocycles. The third kappa shape index (κ3) is 5.85. The van der Waals surface area contributed by atoms with Gasteiger partial charge in [0.15, 0.2) is 13.1 Å². The molecule has 0 spiro atoms. The highest BCUT2D eigenvalue weighted by atomic mass is 16.5. The maximum Gasteiger partial charge on any atom is 0.180 e. The second-order valence-electron chi connectivity index (χ2n) is 6.14. The molecule has 0 radical (unpaired) electrons. The van der Waals surface area contributed by atoms with Crippen LogP contribution in [-0.4, -0.2) is 18.8 Å². The van der Waals surface area contributed by atoms with Crippen molar-refractivity contribution in [2.45, 2.75) is 59.3 Å². The molecular weight excluding hydrogens is 212 g/mol. The van der Waals surface area contributed by atoms with Crippen LogP contribution in [-0.2, 0) is 4.74 Å². The van der Waals surface area contributed by atoms with Crippen molar-refractivity contribution >= 4 is 12.1 Å². The third-order valence-electron chi connectivity index (χ3n) is 3.21. The van der Waals surface area contributed by atoms with Gasteiger partial charge in [-0.15, -0.1) is 0 Å². The number of nitrogens with zero attached hydrogens (tertiary/aromatic N) is 1. The summed E-state index contributed by atoms with van der Waals surface area (Å²) in [4.78, 5) is 4.57. The average Bonchev–Trinajstić information content (AvgIpc) is 2.28. The van der Waals surface area contributed by atoms with E-state index in [2.05, 4.69) is 25.8 Å². The monoisotopic (exact) mass is 238 g/mol. The smallest absolute Gasteiger partial charge is 0.180 e. The zero-order chi connectivity index (χ0) is 12.7. The number of hydrogen-bond donors (Lipinski definition) is 1. The van der Waals surface area contributed by atoms with Gasteiger partial charge in [-0.25, -0.2) is 0 Å². The molecule has 0 aromatic rings. The van der Waals surface area contributed by atoms with Crippen molar-refractivity contribution in [2.24, 2.45) is 16.3 Å². The van der Waals surface area contributed by atoms with E-state index in [1.54, 1.807) is 0 Å². The molecular formula is C14H26N2O. The first kappa shape index (κ1) is 14.2. The van der Waals surface area contributed by atoms with Crippen molar-refractivity contribution in [3.05, 3.63) is 0 Å². The highest BCUT2D eigenvalue weighted by molar-refractivity contribution is 5.87. The first-order valence-corrected chi connectivity index (χ1v) is 6.67. The van der Waals surface area contributed by atoms with Crippen molar-refractivity contribution in [1.29, 1.82) is 5.41 Å². The van der Waals surface area contributed by atoms with Gasteiger partial charge >= 0.3 is 0 Å². The zero-order valence-corrected chi connectivity index (χ0v) is 11.5. The number of rotatable bonds is 5. The Labute approximate surface area is 105 Å². The lowest BCUT2D eigenvalue weighted by atomic mass is 9.79. The fourth-order valence-corrected chi connectivity index (χ4v) is 2.47. The van der Waals surface area contributed by atoms with Crippen molar-refractivity contribution in [3.8, 4) is 0 Å². The number of aliphatic imine (C=N–C) groups is 1. The second kappa shape index (κ2) is 6.77. The molecule has 0 amide bonds. The molecule has 1 rings (SSSR count). The van der Waals surface area contributed by atoms with Gasteiger partial charge in [0.05, 0.1) is 0 Å². The van der Waals surface area contributed by atoms with Gasteiger partial charge < -0.3 is 4.74 Å². The third-order valence-corrected chi connectivity index (χ3v) is 3.21. The molecule has 3 nitrogen and oxygen atoms in total. The lowest BCUT2D eigenvalue weighted by Crippen LogP contribution is -2.23. The summed E-state index contributed by atoms with van der Waals surface area (Å²) in [6.07, 6.45) is 8.60. The predicted octanol–water partition coefficient (Wildman–Crippen LogP) is 4.03. The van der Waals surface area contributed by atoms with Gasteiger partial charge in [-0.05, 0) is 30.6 Å². The van der Waals surface area contributed by atoms with Crippen LogP contribution in [0.15, 0.2) is 4.99 Å². The largest absolute Gasteiger partial charge is 0.461 e. The summed E-state index contributed by atoms with van der Waals surface area (Å²) in [6.45, 7) is 7.07. The van der Waals surface area contributed by atoms with Crippen molar-refractivity contribution in [1.82, 2.24) is 0 Å². The topological polar surface area (TPSA) is 45.4 Å². The van der Waals surface area contributed by atoms with Crippen LogP contribution in [0.1, 0.15) is 59.3 Å². The summed E-state index contributed by atoms with van der Waals surface area (Å²) < 4.78 is 4.92. The van der Waals surface area contributed by atoms with Crippen LogP contribution in [0.3, 0.4) is 0 Å². The van der Waals surface area contributed by atoms with Gasteiger partial charge in [0.1, 0.15) is 0 Å². The van der Waals surface area contributed by atoms with Crippen LogP contribution < -0.4 is 0 Å². The molecule has 1 aliphatic carbocycles. The van der Waals surface area contributed by atoms with E-state index in [-0.39, 0.29) is 5.41 Å². The fourth-order valence-electron chi connectivity index (χ4n) is 2.47. The van der Waals surface area contributed by atoms with Gasteiger partial charge in [0.25, 0.3) is 0 Å². The summed E-state index contributed by atoms with van der Waals surface area (Å²) in [6, 6.07) is 0. The minimum Gasteiger partial charge on any atom is -0.461 e. The molecule has 98 valence electrons. The van der Waals surface area contributed by atoms with E-state index in [9.17, 15) is 0 Å². The fraction of sp³-hybridized carbons (Fsp3) is 0.857. The standard InChI is InChI=1S/C14H26N2O/c1-14(2,3)9-13(16-11-17-10-15)12-7-5-4-6-8-12/h10,12,15H,4-9,11H2,1-3H3/b15-10?,16-13+. The van der Waals surface area contributed by atoms with Crippen LogP contribution >= 0.6 is 0 Å². The van der Waals surface area contributed by atoms with E-state index in [1.165, 1.54) is 37.8 Å². The predicted molar refractivity (Wildman–Crippen MR) is 72.8 cm³/mol. The first-order valence-electron chi connectivity index (χ1n) is 6.67. The molecule has 0 unspecified atom stereocenters. The van der Waals surface area contributed by atoms with Gasteiger partial charge in [0.2, 0.25) is 0 Å². The quantitative estimate of drug-likeness (QED) is 0.439. The van der Waals surface area contributed by atoms with Crippen LogP contribution in [0.25, 0.3) is 0 Å². The Morgan fingerprint density at radius 3 is 2.47 bits per heavy atom. The van der Waals surface area contributed by atoms with Crippen molar-refractivity contribution in [2.75, 3.05) is 6.73 Å². The molecule has 0 aromatic heterocycles. The Morgan fingerprint density at radius 1 is 1.29 bits per heavy atom.